The summed E-state index contributed by atoms with van der Waals surface area (Å²) in [5, 5.41) is 10.6. The monoisotopic (exact) mass is 414 g/mol. The first-order chi connectivity index (χ1) is 14.0. The number of aromatic nitrogens is 5. The Hall–Kier alpha value is -3.47. The number of hydrogen-bond acceptors (Lipinski definition) is 8. The molecule has 11 heteroatoms. The highest BCUT2D eigenvalue weighted by Crippen LogP contribution is 2.18. The molecule has 0 radical (unpaired) electrons. The Bertz CT molecular complexity index is 1140. The summed E-state index contributed by atoms with van der Waals surface area (Å²) >= 11 is 1.07. The highest BCUT2D eigenvalue weighted by atomic mass is 32.2. The Labute approximate surface area is 169 Å². The number of rotatable bonds is 8. The van der Waals surface area contributed by atoms with E-state index in [4.69, 9.17) is 4.42 Å². The van der Waals surface area contributed by atoms with Gasteiger partial charge in [0.25, 0.3) is 10.8 Å². The van der Waals surface area contributed by atoms with Gasteiger partial charge in [0.05, 0.1) is 12.2 Å². The third-order valence-corrected chi connectivity index (χ3v) is 4.66. The highest BCUT2D eigenvalue weighted by molar-refractivity contribution is 7.99. The maximum atomic E-state index is 12.5. The van der Waals surface area contributed by atoms with Crippen molar-refractivity contribution >= 4 is 23.5 Å². The van der Waals surface area contributed by atoms with E-state index in [1.54, 1.807) is 31.3 Å². The fourth-order valence-electron chi connectivity index (χ4n) is 2.48. The Morgan fingerprint density at radius 1 is 1.38 bits per heavy atom. The van der Waals surface area contributed by atoms with Crippen LogP contribution in [0.1, 0.15) is 17.1 Å². The van der Waals surface area contributed by atoms with Crippen LogP contribution >= 0.6 is 11.8 Å². The lowest BCUT2D eigenvalue weighted by molar-refractivity contribution is -0.113. The fraction of sp³-hybridized carbons (Fsp3) is 0.222. The number of allylic oxidation sites excluding steroid dienone is 1. The van der Waals surface area contributed by atoms with Crippen LogP contribution in [0.4, 0.5) is 5.82 Å². The largest absolute Gasteiger partial charge is 0.416 e. The molecule has 29 heavy (non-hydrogen) atoms. The summed E-state index contributed by atoms with van der Waals surface area (Å²) in [6.45, 7) is 5.27. The Morgan fingerprint density at radius 3 is 2.93 bits per heavy atom. The Morgan fingerprint density at radius 2 is 2.21 bits per heavy atom. The van der Waals surface area contributed by atoms with E-state index in [0.29, 0.717) is 17.1 Å². The predicted octanol–water partition coefficient (Wildman–Crippen LogP) is 1.13. The van der Waals surface area contributed by atoms with Gasteiger partial charge in [-0.3, -0.25) is 14.2 Å². The zero-order valence-corrected chi connectivity index (χ0v) is 16.4. The zero-order valence-electron chi connectivity index (χ0n) is 15.5. The average Bonchev–Trinajstić information content (AvgIpc) is 3.15. The van der Waals surface area contributed by atoms with E-state index in [-0.39, 0.29) is 35.7 Å². The van der Waals surface area contributed by atoms with Crippen LogP contribution in [0.2, 0.25) is 0 Å². The van der Waals surface area contributed by atoms with E-state index in [1.807, 2.05) is 0 Å². The van der Waals surface area contributed by atoms with Crippen LogP contribution in [-0.2, 0) is 17.8 Å². The summed E-state index contributed by atoms with van der Waals surface area (Å²) in [5.74, 6) is 0.447. The second-order valence-electron chi connectivity index (χ2n) is 5.93. The van der Waals surface area contributed by atoms with Crippen molar-refractivity contribution in [2.24, 2.45) is 0 Å². The van der Waals surface area contributed by atoms with Gasteiger partial charge in [-0.2, -0.15) is 0 Å². The van der Waals surface area contributed by atoms with Gasteiger partial charge in [-0.05, 0) is 19.1 Å². The molecule has 0 spiro atoms. The average molecular weight is 414 g/mol. The van der Waals surface area contributed by atoms with Crippen molar-refractivity contribution in [3.63, 3.8) is 0 Å². The molecule has 150 valence electrons. The quantitative estimate of drug-likeness (QED) is 0.414. The van der Waals surface area contributed by atoms with Gasteiger partial charge in [0.2, 0.25) is 11.8 Å². The molecular formula is C18H18N6O4S. The summed E-state index contributed by atoms with van der Waals surface area (Å²) in [6.07, 6.45) is 3.11. The number of nitrogens with one attached hydrogen (secondary N) is 2. The van der Waals surface area contributed by atoms with Gasteiger partial charge in [-0.15, -0.1) is 16.8 Å². The third kappa shape index (κ3) is 5.08. The van der Waals surface area contributed by atoms with Crippen molar-refractivity contribution in [3.05, 3.63) is 75.0 Å². The normalized spacial score (nSPS) is 10.7. The molecule has 0 aromatic carbocycles. The maximum absolute atomic E-state index is 12.5. The highest BCUT2D eigenvalue weighted by Gasteiger charge is 2.16. The topological polar surface area (TPSA) is 136 Å². The molecular weight excluding hydrogens is 396 g/mol. The molecule has 1 amide bonds. The lowest BCUT2D eigenvalue weighted by Gasteiger charge is -2.06. The number of thioether (sulfide) groups is 1. The first-order valence-electron chi connectivity index (χ1n) is 8.57. The molecule has 0 aliphatic carbocycles. The molecule has 2 N–H and O–H groups in total. The number of carbonyl (C=O) groups excluding carboxylic acids is 1. The SMILES string of the molecule is C=CCn1c(=O)[nH]c(C)c(Cc2nnc(SCC(=O)Nc3ccccn3)o2)c1=O. The van der Waals surface area contributed by atoms with Crippen LogP contribution in [0.5, 0.6) is 0 Å². The number of amides is 1. The van der Waals surface area contributed by atoms with Crippen LogP contribution < -0.4 is 16.6 Å². The van der Waals surface area contributed by atoms with Gasteiger partial charge >= 0.3 is 5.69 Å². The molecule has 0 saturated carbocycles. The smallest absolute Gasteiger partial charge is 0.328 e. The molecule has 3 aromatic rings. The van der Waals surface area contributed by atoms with E-state index in [1.165, 1.54) is 6.08 Å². The van der Waals surface area contributed by atoms with E-state index < -0.39 is 11.2 Å². The Balaban J connectivity index is 1.66. The second-order valence-corrected chi connectivity index (χ2v) is 6.86. The number of H-pyrrole nitrogens is 1. The van der Waals surface area contributed by atoms with Gasteiger partial charge in [0.1, 0.15) is 5.82 Å². The lowest BCUT2D eigenvalue weighted by Crippen LogP contribution is -2.37. The van der Waals surface area contributed by atoms with Gasteiger partial charge in [-0.25, -0.2) is 9.78 Å². The number of pyridine rings is 1. The molecule has 0 aliphatic heterocycles. The number of nitrogens with zero attached hydrogens (tertiary/aromatic N) is 4. The fourth-order valence-corrected chi connectivity index (χ4v) is 3.06. The minimum Gasteiger partial charge on any atom is -0.416 e. The first-order valence-corrected chi connectivity index (χ1v) is 9.56. The minimum absolute atomic E-state index is 0.0576. The van der Waals surface area contributed by atoms with Crippen LogP contribution in [0.15, 0.2) is 56.3 Å². The predicted molar refractivity (Wildman–Crippen MR) is 107 cm³/mol. The summed E-state index contributed by atoms with van der Waals surface area (Å²) in [7, 11) is 0. The molecule has 0 bridgehead atoms. The van der Waals surface area contributed by atoms with Crippen molar-refractivity contribution in [2.75, 3.05) is 11.1 Å². The van der Waals surface area contributed by atoms with Crippen molar-refractivity contribution in [1.29, 1.82) is 0 Å². The third-order valence-electron chi connectivity index (χ3n) is 3.84. The van der Waals surface area contributed by atoms with Crippen LogP contribution in [0, 0.1) is 6.92 Å². The molecule has 0 aliphatic rings. The van der Waals surface area contributed by atoms with E-state index in [2.05, 4.69) is 32.1 Å². The van der Waals surface area contributed by atoms with Gasteiger partial charge in [-0.1, -0.05) is 23.9 Å². The molecule has 0 unspecified atom stereocenters. The molecule has 0 atom stereocenters. The first kappa shape index (κ1) is 20.3. The van der Waals surface area contributed by atoms with Gasteiger partial charge in [0.15, 0.2) is 0 Å². The number of carbonyl (C=O) groups is 1. The van der Waals surface area contributed by atoms with E-state index >= 15 is 0 Å². The van der Waals surface area contributed by atoms with Gasteiger partial charge in [0, 0.05) is 24.0 Å². The van der Waals surface area contributed by atoms with E-state index in [0.717, 1.165) is 16.3 Å². The molecule has 0 saturated heterocycles. The van der Waals surface area contributed by atoms with Crippen LogP contribution in [-0.4, -0.2) is 36.4 Å². The zero-order chi connectivity index (χ0) is 20.8. The lowest BCUT2D eigenvalue weighted by atomic mass is 10.1. The second kappa shape index (κ2) is 9.15. The van der Waals surface area contributed by atoms with Crippen molar-refractivity contribution in [3.8, 4) is 0 Å². The van der Waals surface area contributed by atoms with Crippen molar-refractivity contribution in [1.82, 2.24) is 24.7 Å². The van der Waals surface area contributed by atoms with Crippen LogP contribution in [0.25, 0.3) is 0 Å². The van der Waals surface area contributed by atoms with Crippen molar-refractivity contribution in [2.45, 2.75) is 25.1 Å². The number of hydrogen-bond donors (Lipinski definition) is 2. The Kier molecular flexibility index (Phi) is 6.39. The summed E-state index contributed by atoms with van der Waals surface area (Å²) in [6, 6.07) is 5.20. The van der Waals surface area contributed by atoms with E-state index in [9.17, 15) is 14.4 Å². The molecule has 10 nitrogen and oxygen atoms in total. The number of aromatic amines is 1. The summed E-state index contributed by atoms with van der Waals surface area (Å²) in [4.78, 5) is 43.0. The summed E-state index contributed by atoms with van der Waals surface area (Å²) in [5.41, 5.74) is -0.160. The van der Waals surface area contributed by atoms with Gasteiger partial charge < -0.3 is 14.7 Å². The molecule has 3 rings (SSSR count). The maximum Gasteiger partial charge on any atom is 0.328 e. The standard InChI is InChI=1S/C18H18N6O4S/c1-3-8-24-16(26)12(11(2)20-17(24)27)9-15-22-23-18(28-15)29-10-14(25)21-13-6-4-5-7-19-13/h3-7H,1,8-10H2,2H3,(H,20,27)(H,19,21,25). The van der Waals surface area contributed by atoms with Crippen LogP contribution in [0.3, 0.4) is 0 Å². The molecule has 3 heterocycles. The van der Waals surface area contributed by atoms with Crippen molar-refractivity contribution < 1.29 is 9.21 Å². The minimum atomic E-state index is -0.503. The molecule has 3 aromatic heterocycles. The number of aryl methyl sites for hydroxylation is 1. The number of anilines is 1. The summed E-state index contributed by atoms with van der Waals surface area (Å²) < 4.78 is 6.56. The molecule has 0 fully saturated rings.